The van der Waals surface area contributed by atoms with Gasteiger partial charge >= 0.3 is 0 Å². The van der Waals surface area contributed by atoms with Crippen LogP contribution in [0.5, 0.6) is 0 Å². The summed E-state index contributed by atoms with van der Waals surface area (Å²) in [5, 5.41) is 0. The highest BCUT2D eigenvalue weighted by Gasteiger charge is 2.30. The second kappa shape index (κ2) is 8.82. The van der Waals surface area contributed by atoms with Gasteiger partial charge in [-0.1, -0.05) is 64.5 Å². The number of allylic oxidation sites excluding steroid dienone is 2. The second-order valence-electron chi connectivity index (χ2n) is 7.26. The Morgan fingerprint density at radius 2 is 1.68 bits per heavy atom. The molecule has 112 valence electrons. The summed E-state index contributed by atoms with van der Waals surface area (Å²) in [5.41, 5.74) is 1.55. The molecule has 0 nitrogen and oxygen atoms in total. The van der Waals surface area contributed by atoms with E-state index in [4.69, 9.17) is 0 Å². The van der Waals surface area contributed by atoms with E-state index in [1.165, 1.54) is 51.4 Å². The highest BCUT2D eigenvalue weighted by molar-refractivity contribution is 4.96. The van der Waals surface area contributed by atoms with E-state index in [1.807, 2.05) is 0 Å². The molecule has 1 aliphatic rings. The summed E-state index contributed by atoms with van der Waals surface area (Å²) in [6.45, 7) is 11.8. The lowest BCUT2D eigenvalue weighted by atomic mass is 9.87. The Hall–Kier alpha value is -0.260. The second-order valence-corrected chi connectivity index (χ2v) is 7.26. The summed E-state index contributed by atoms with van der Waals surface area (Å²) in [4.78, 5) is 0. The standard InChI is InChI=1S/C19H36/c1-6-15(2)14-16(3)10-8-7-9-11-17(4)18(5)19-12-13-19/h6,16-19H,7-14H2,1-5H3. The SMILES string of the molecule is CC=C(C)CC(C)CCCCCC(C)C(C)C1CC1. The molecule has 0 bridgehead atoms. The minimum atomic E-state index is 0.874. The Morgan fingerprint density at radius 1 is 1.05 bits per heavy atom. The van der Waals surface area contributed by atoms with Crippen LogP contribution in [0, 0.1) is 23.7 Å². The summed E-state index contributed by atoms with van der Waals surface area (Å²) in [7, 11) is 0. The van der Waals surface area contributed by atoms with Gasteiger partial charge in [0.25, 0.3) is 0 Å². The van der Waals surface area contributed by atoms with Crippen molar-refractivity contribution in [3.63, 3.8) is 0 Å². The molecule has 0 radical (unpaired) electrons. The molecule has 0 saturated heterocycles. The molecule has 0 heterocycles. The fourth-order valence-corrected chi connectivity index (χ4v) is 3.25. The van der Waals surface area contributed by atoms with Crippen molar-refractivity contribution in [3.8, 4) is 0 Å². The van der Waals surface area contributed by atoms with E-state index in [-0.39, 0.29) is 0 Å². The van der Waals surface area contributed by atoms with Crippen molar-refractivity contribution >= 4 is 0 Å². The lowest BCUT2D eigenvalue weighted by Gasteiger charge is -2.19. The summed E-state index contributed by atoms with van der Waals surface area (Å²) < 4.78 is 0. The third-order valence-electron chi connectivity index (χ3n) is 5.28. The molecule has 0 aliphatic heterocycles. The Balaban J connectivity index is 1.98. The van der Waals surface area contributed by atoms with Gasteiger partial charge in [-0.05, 0) is 56.8 Å². The summed E-state index contributed by atoms with van der Waals surface area (Å²) in [6.07, 6.45) is 13.8. The quantitative estimate of drug-likeness (QED) is 0.307. The van der Waals surface area contributed by atoms with E-state index < -0.39 is 0 Å². The first-order valence-corrected chi connectivity index (χ1v) is 8.66. The predicted octanol–water partition coefficient (Wildman–Crippen LogP) is 6.61. The molecular weight excluding hydrogens is 228 g/mol. The molecule has 0 N–H and O–H groups in total. The van der Waals surface area contributed by atoms with Crippen LogP contribution in [0.4, 0.5) is 0 Å². The van der Waals surface area contributed by atoms with E-state index >= 15 is 0 Å². The van der Waals surface area contributed by atoms with Crippen molar-refractivity contribution < 1.29 is 0 Å². The Morgan fingerprint density at radius 3 is 2.26 bits per heavy atom. The van der Waals surface area contributed by atoms with E-state index in [9.17, 15) is 0 Å². The van der Waals surface area contributed by atoms with E-state index in [1.54, 1.807) is 5.57 Å². The van der Waals surface area contributed by atoms with Crippen molar-refractivity contribution in [3.05, 3.63) is 11.6 Å². The van der Waals surface area contributed by atoms with E-state index in [0.717, 1.165) is 23.7 Å². The van der Waals surface area contributed by atoms with Crippen LogP contribution < -0.4 is 0 Å². The molecule has 19 heavy (non-hydrogen) atoms. The Labute approximate surface area is 122 Å². The van der Waals surface area contributed by atoms with Crippen LogP contribution in [0.15, 0.2) is 11.6 Å². The predicted molar refractivity (Wildman–Crippen MR) is 87.3 cm³/mol. The summed E-state index contributed by atoms with van der Waals surface area (Å²) >= 11 is 0. The molecule has 1 aliphatic carbocycles. The maximum absolute atomic E-state index is 2.48. The normalized spacial score (nSPS) is 21.2. The highest BCUT2D eigenvalue weighted by Crippen LogP contribution is 2.41. The van der Waals surface area contributed by atoms with Gasteiger partial charge in [0.2, 0.25) is 0 Å². The van der Waals surface area contributed by atoms with Gasteiger partial charge in [-0.25, -0.2) is 0 Å². The van der Waals surface area contributed by atoms with E-state index in [0.29, 0.717) is 0 Å². The van der Waals surface area contributed by atoms with Crippen LogP contribution in [0.25, 0.3) is 0 Å². The lowest BCUT2D eigenvalue weighted by Crippen LogP contribution is -2.09. The molecule has 1 rings (SSSR count). The van der Waals surface area contributed by atoms with Gasteiger partial charge in [-0.3, -0.25) is 0 Å². The van der Waals surface area contributed by atoms with Crippen molar-refractivity contribution in [2.75, 3.05) is 0 Å². The van der Waals surface area contributed by atoms with Crippen LogP contribution >= 0.6 is 0 Å². The zero-order chi connectivity index (χ0) is 14.3. The van der Waals surface area contributed by atoms with Crippen LogP contribution in [0.1, 0.15) is 86.0 Å². The number of rotatable bonds is 10. The number of hydrogen-bond donors (Lipinski definition) is 0. The summed E-state index contributed by atoms with van der Waals surface area (Å²) in [5.74, 6) is 3.89. The highest BCUT2D eigenvalue weighted by atomic mass is 14.4. The van der Waals surface area contributed by atoms with Gasteiger partial charge in [0.15, 0.2) is 0 Å². The summed E-state index contributed by atoms with van der Waals surface area (Å²) in [6, 6.07) is 0. The van der Waals surface area contributed by atoms with Crippen LogP contribution in [-0.2, 0) is 0 Å². The average Bonchev–Trinajstić information content (AvgIpc) is 3.21. The molecule has 3 unspecified atom stereocenters. The van der Waals surface area contributed by atoms with Gasteiger partial charge in [0.05, 0.1) is 0 Å². The molecule has 0 heteroatoms. The van der Waals surface area contributed by atoms with Gasteiger partial charge in [0.1, 0.15) is 0 Å². The number of hydrogen-bond acceptors (Lipinski definition) is 0. The van der Waals surface area contributed by atoms with Crippen LogP contribution in [0.2, 0.25) is 0 Å². The minimum absolute atomic E-state index is 0.874. The monoisotopic (exact) mass is 264 g/mol. The molecule has 0 aromatic carbocycles. The maximum Gasteiger partial charge on any atom is -0.0297 e. The first-order valence-electron chi connectivity index (χ1n) is 8.66. The lowest BCUT2D eigenvalue weighted by molar-refractivity contribution is 0.315. The van der Waals surface area contributed by atoms with Crippen molar-refractivity contribution in [1.82, 2.24) is 0 Å². The molecule has 1 saturated carbocycles. The zero-order valence-corrected chi connectivity index (χ0v) is 14.0. The number of unbranched alkanes of at least 4 members (excludes halogenated alkanes) is 2. The van der Waals surface area contributed by atoms with Crippen LogP contribution in [-0.4, -0.2) is 0 Å². The molecule has 0 aromatic heterocycles. The average molecular weight is 264 g/mol. The van der Waals surface area contributed by atoms with Crippen LogP contribution in [0.3, 0.4) is 0 Å². The third kappa shape index (κ3) is 7.18. The Bertz CT molecular complexity index is 259. The minimum Gasteiger partial charge on any atom is -0.0887 e. The fraction of sp³-hybridized carbons (Fsp3) is 0.895. The maximum atomic E-state index is 2.48. The molecule has 1 fully saturated rings. The largest absolute Gasteiger partial charge is 0.0887 e. The van der Waals surface area contributed by atoms with Gasteiger partial charge in [0, 0.05) is 0 Å². The smallest absolute Gasteiger partial charge is 0.0297 e. The molecule has 0 amide bonds. The van der Waals surface area contributed by atoms with Gasteiger partial charge in [-0.2, -0.15) is 0 Å². The topological polar surface area (TPSA) is 0 Å². The fourth-order valence-electron chi connectivity index (χ4n) is 3.25. The van der Waals surface area contributed by atoms with Crippen molar-refractivity contribution in [2.24, 2.45) is 23.7 Å². The molecule has 3 atom stereocenters. The van der Waals surface area contributed by atoms with Crippen molar-refractivity contribution in [1.29, 1.82) is 0 Å². The van der Waals surface area contributed by atoms with E-state index in [2.05, 4.69) is 40.7 Å². The van der Waals surface area contributed by atoms with Crippen molar-refractivity contribution in [2.45, 2.75) is 86.0 Å². The molecule has 0 spiro atoms. The third-order valence-corrected chi connectivity index (χ3v) is 5.28. The molecular formula is C19H36. The Kier molecular flexibility index (Phi) is 7.80. The van der Waals surface area contributed by atoms with Gasteiger partial charge < -0.3 is 0 Å². The van der Waals surface area contributed by atoms with Gasteiger partial charge in [-0.15, -0.1) is 0 Å². The first-order chi connectivity index (χ1) is 9.04. The molecule has 0 aromatic rings. The first kappa shape index (κ1) is 16.8. The zero-order valence-electron chi connectivity index (χ0n) is 14.0.